The zero-order valence-electron chi connectivity index (χ0n) is 23.0. The number of terminal acetylenes is 1. The van der Waals surface area contributed by atoms with E-state index in [0.717, 1.165) is 11.3 Å². The van der Waals surface area contributed by atoms with Crippen molar-refractivity contribution in [3.63, 3.8) is 0 Å². The molecule has 2 fully saturated rings. The van der Waals surface area contributed by atoms with E-state index in [4.69, 9.17) is 11.7 Å². The number of nitrogens with one attached hydrogen (secondary N) is 2. The first-order valence-electron chi connectivity index (χ1n) is 12.6. The maximum Gasteiger partial charge on any atom is 0.471 e. The summed E-state index contributed by atoms with van der Waals surface area (Å²) < 4.78 is 35.7. The molecule has 1 saturated carbocycles. The summed E-state index contributed by atoms with van der Waals surface area (Å²) in [5.74, 6) is 1.74. The van der Waals surface area contributed by atoms with Crippen molar-refractivity contribution in [1.82, 2.24) is 25.7 Å². The number of benzene rings is 1. The van der Waals surface area contributed by atoms with E-state index in [1.54, 1.807) is 23.6 Å². The highest BCUT2D eigenvalue weighted by atomic mass is 19.4. The average Bonchev–Trinajstić information content (AvgIpc) is 3.21. The summed E-state index contributed by atoms with van der Waals surface area (Å²) in [5.41, 5.74) is 1.22. The number of likely N-dealkylation sites (tertiary alicyclic amines) is 1. The summed E-state index contributed by atoms with van der Waals surface area (Å²) in [6.45, 7) is 11.3. The first kappa shape index (κ1) is 32.0. The van der Waals surface area contributed by atoms with Gasteiger partial charge < -0.3 is 15.5 Å². The van der Waals surface area contributed by atoms with Gasteiger partial charge in [0.15, 0.2) is 6.04 Å². The van der Waals surface area contributed by atoms with Crippen molar-refractivity contribution in [2.45, 2.75) is 46.8 Å². The molecule has 12 heteroatoms. The van der Waals surface area contributed by atoms with Crippen molar-refractivity contribution < 1.29 is 27.6 Å². The van der Waals surface area contributed by atoms with Gasteiger partial charge in [-0.25, -0.2) is 0 Å². The number of alkyl halides is 3. The minimum atomic E-state index is -4.94. The second-order valence-electron chi connectivity index (χ2n) is 10.7. The Labute approximate surface area is 231 Å². The lowest BCUT2D eigenvalue weighted by Crippen LogP contribution is -2.44. The van der Waals surface area contributed by atoms with Crippen molar-refractivity contribution in [3.8, 4) is 18.4 Å². The van der Waals surface area contributed by atoms with Crippen molar-refractivity contribution >= 4 is 29.0 Å². The molecule has 2 heterocycles. The fraction of sp³-hybridized carbons (Fsp3) is 0.500. The van der Waals surface area contributed by atoms with Crippen LogP contribution in [0, 0.1) is 46.8 Å². The van der Waals surface area contributed by atoms with E-state index >= 15 is 0 Å². The summed E-state index contributed by atoms with van der Waals surface area (Å²) in [7, 11) is 0. The SMILES string of the molecule is C#Cc1cccc2cnnc(C(C#N)NC=O)c12.CC(C)C.CC1(C)[C@@H]2CN(C(=O)CNC(=O)C(F)(F)F)C[C@@H]21. The van der Waals surface area contributed by atoms with Crippen LogP contribution in [0.3, 0.4) is 0 Å². The molecule has 3 amide bonds. The number of amides is 3. The van der Waals surface area contributed by atoms with Gasteiger partial charge in [-0.1, -0.05) is 52.7 Å². The second-order valence-corrected chi connectivity index (χ2v) is 10.7. The Morgan fingerprint density at radius 3 is 2.35 bits per heavy atom. The number of hydrogen-bond donors (Lipinski definition) is 2. The van der Waals surface area contributed by atoms with Gasteiger partial charge >= 0.3 is 12.1 Å². The predicted molar refractivity (Wildman–Crippen MR) is 142 cm³/mol. The van der Waals surface area contributed by atoms with E-state index in [9.17, 15) is 27.6 Å². The van der Waals surface area contributed by atoms with Gasteiger partial charge in [-0.05, 0) is 29.2 Å². The molecule has 1 aromatic heterocycles. The number of nitriles is 1. The summed E-state index contributed by atoms with van der Waals surface area (Å²) in [6, 6.07) is 6.46. The smallest absolute Gasteiger partial charge is 0.341 e. The van der Waals surface area contributed by atoms with Crippen LogP contribution in [0.5, 0.6) is 0 Å². The molecule has 1 saturated heterocycles. The maximum atomic E-state index is 11.9. The molecule has 4 rings (SSSR count). The van der Waals surface area contributed by atoms with Crippen molar-refractivity contribution in [2.24, 2.45) is 23.2 Å². The Kier molecular flexibility index (Phi) is 10.6. The summed E-state index contributed by atoms with van der Waals surface area (Å²) >= 11 is 0. The number of fused-ring (bicyclic) bond motifs is 2. The fourth-order valence-corrected chi connectivity index (χ4v) is 4.44. The molecule has 2 aliphatic rings. The largest absolute Gasteiger partial charge is 0.471 e. The molecule has 0 radical (unpaired) electrons. The molecule has 1 unspecified atom stereocenters. The number of nitrogens with zero attached hydrogens (tertiary/aromatic N) is 4. The number of halogens is 3. The van der Waals surface area contributed by atoms with Crippen LogP contribution in [0.25, 0.3) is 10.8 Å². The Balaban J connectivity index is 0.000000247. The summed E-state index contributed by atoms with van der Waals surface area (Å²) in [6.07, 6.45) is 2.51. The molecular weight excluding hydrogens is 525 g/mol. The molecule has 0 spiro atoms. The van der Waals surface area contributed by atoms with Crippen molar-refractivity contribution in [1.29, 1.82) is 5.26 Å². The van der Waals surface area contributed by atoms with Gasteiger partial charge in [-0.3, -0.25) is 14.4 Å². The van der Waals surface area contributed by atoms with Crippen LogP contribution in [0.4, 0.5) is 13.2 Å². The highest BCUT2D eigenvalue weighted by Crippen LogP contribution is 2.61. The van der Waals surface area contributed by atoms with Crippen LogP contribution in [0.2, 0.25) is 0 Å². The lowest BCUT2D eigenvalue weighted by atomic mass is 10.0. The highest BCUT2D eigenvalue weighted by Gasteiger charge is 2.62. The zero-order chi connectivity index (χ0) is 30.3. The number of piperidine rings is 1. The quantitative estimate of drug-likeness (QED) is 0.428. The third-order valence-corrected chi connectivity index (χ3v) is 6.64. The molecule has 2 aromatic rings. The van der Waals surface area contributed by atoms with E-state index in [0.29, 0.717) is 48.0 Å². The first-order chi connectivity index (χ1) is 18.7. The van der Waals surface area contributed by atoms with Crippen LogP contribution in [0.15, 0.2) is 24.4 Å². The molecule has 0 bridgehead atoms. The molecule has 9 nitrogen and oxygen atoms in total. The number of aromatic nitrogens is 2. The molecule has 2 N–H and O–H groups in total. The van der Waals surface area contributed by atoms with E-state index in [2.05, 4.69) is 56.1 Å². The van der Waals surface area contributed by atoms with Gasteiger partial charge in [0.25, 0.3) is 0 Å². The molecular formula is C28H33F3N6O3. The lowest BCUT2D eigenvalue weighted by Gasteiger charge is -2.22. The van der Waals surface area contributed by atoms with Gasteiger partial charge in [0, 0.05) is 29.4 Å². The van der Waals surface area contributed by atoms with Crippen LogP contribution in [-0.4, -0.2) is 59.1 Å². The minimum absolute atomic E-state index is 0.242. The Hall–Kier alpha value is -4.19. The van der Waals surface area contributed by atoms with E-state index in [1.165, 1.54) is 4.90 Å². The minimum Gasteiger partial charge on any atom is -0.341 e. The Bertz CT molecular complexity index is 1290. The monoisotopic (exact) mass is 558 g/mol. The van der Waals surface area contributed by atoms with Gasteiger partial charge in [0.05, 0.1) is 18.8 Å². The average molecular weight is 559 g/mol. The third kappa shape index (κ3) is 7.92. The maximum absolute atomic E-state index is 11.9. The van der Waals surface area contributed by atoms with Crippen LogP contribution in [0.1, 0.15) is 51.9 Å². The third-order valence-electron chi connectivity index (χ3n) is 6.64. The van der Waals surface area contributed by atoms with Gasteiger partial charge in [-0.2, -0.15) is 28.6 Å². The van der Waals surface area contributed by atoms with Crippen LogP contribution < -0.4 is 10.6 Å². The molecule has 1 aliphatic heterocycles. The molecule has 3 atom stereocenters. The normalized spacial score (nSPS) is 18.9. The molecule has 1 aromatic carbocycles. The number of rotatable bonds is 5. The molecule has 40 heavy (non-hydrogen) atoms. The second kappa shape index (κ2) is 13.2. The van der Waals surface area contributed by atoms with Crippen molar-refractivity contribution in [3.05, 3.63) is 35.7 Å². The van der Waals surface area contributed by atoms with Crippen LogP contribution in [-0.2, 0) is 14.4 Å². The fourth-order valence-electron chi connectivity index (χ4n) is 4.44. The van der Waals surface area contributed by atoms with E-state index in [-0.39, 0.29) is 5.41 Å². The predicted octanol–water partition coefficient (Wildman–Crippen LogP) is 3.36. The molecule has 214 valence electrons. The van der Waals surface area contributed by atoms with Crippen molar-refractivity contribution in [2.75, 3.05) is 19.6 Å². The first-order valence-corrected chi connectivity index (χ1v) is 12.6. The van der Waals surface area contributed by atoms with Gasteiger partial charge in [0.1, 0.15) is 5.69 Å². The summed E-state index contributed by atoms with van der Waals surface area (Å²) in [4.78, 5) is 34.2. The van der Waals surface area contributed by atoms with Gasteiger partial charge in [0.2, 0.25) is 12.3 Å². The molecule has 1 aliphatic carbocycles. The summed E-state index contributed by atoms with van der Waals surface area (Å²) in [5, 5.41) is 22.2. The zero-order valence-corrected chi connectivity index (χ0v) is 23.0. The van der Waals surface area contributed by atoms with E-state index < -0.39 is 30.6 Å². The highest BCUT2D eigenvalue weighted by molar-refractivity contribution is 5.90. The topological polar surface area (TPSA) is 128 Å². The number of carbonyl (C=O) groups excluding carboxylic acids is 3. The lowest BCUT2D eigenvalue weighted by molar-refractivity contribution is -0.174. The Morgan fingerprint density at radius 1 is 1.25 bits per heavy atom. The van der Waals surface area contributed by atoms with E-state index in [1.807, 2.05) is 12.1 Å². The van der Waals surface area contributed by atoms with Gasteiger partial charge in [-0.15, -0.1) is 6.42 Å². The number of carbonyl (C=O) groups is 3. The number of hydrogen-bond acceptors (Lipinski definition) is 6. The standard InChI is InChI=1S/C13H8N4O.C11H15F3N2O2.C4H10/c1-2-9-4-3-5-10-7-16-17-13(12(9)10)11(6-14)15-8-18;1-10(2)6-4-16(5-7(6)10)8(17)3-15-9(18)11(12,13)14;1-4(2)3/h1,3-5,7-8,11H,(H,15,18);6-7H,3-5H2,1-2H3,(H,15,18);4H,1-3H3/t;6-,7+;. The van der Waals surface area contributed by atoms with Crippen LogP contribution >= 0.6 is 0 Å². The Morgan fingerprint density at radius 2 is 1.85 bits per heavy atom.